The molecule has 3 rings (SSSR count). The van der Waals surface area contributed by atoms with Gasteiger partial charge in [0.2, 0.25) is 0 Å². The van der Waals surface area contributed by atoms with Crippen molar-refractivity contribution < 1.29 is 0 Å². The van der Waals surface area contributed by atoms with Crippen molar-refractivity contribution >= 4 is 23.0 Å². The van der Waals surface area contributed by atoms with E-state index in [1.165, 1.54) is 5.56 Å². The second-order valence-electron chi connectivity index (χ2n) is 4.17. The maximum atomic E-state index is 5.90. The van der Waals surface area contributed by atoms with Gasteiger partial charge in [-0.2, -0.15) is 0 Å². The van der Waals surface area contributed by atoms with E-state index < -0.39 is 0 Å². The molecule has 0 amide bonds. The van der Waals surface area contributed by atoms with Gasteiger partial charge in [0.1, 0.15) is 0 Å². The van der Waals surface area contributed by atoms with Gasteiger partial charge in [0, 0.05) is 11.6 Å². The first kappa shape index (κ1) is 10.5. The Balaban J connectivity index is 1.86. The van der Waals surface area contributed by atoms with E-state index in [1.54, 1.807) is 0 Å². The molecule has 17 heavy (non-hydrogen) atoms. The summed E-state index contributed by atoms with van der Waals surface area (Å²) in [6.45, 7) is 0.888. The third-order valence-corrected chi connectivity index (χ3v) is 3.28. The van der Waals surface area contributed by atoms with Crippen LogP contribution in [0.2, 0.25) is 5.02 Å². The van der Waals surface area contributed by atoms with Gasteiger partial charge in [0.05, 0.1) is 17.4 Å². The van der Waals surface area contributed by atoms with Crippen LogP contribution < -0.4 is 10.6 Å². The summed E-state index contributed by atoms with van der Waals surface area (Å²) in [5.41, 5.74) is 3.56. The molecular weight excluding hydrogens is 232 g/mol. The van der Waals surface area contributed by atoms with E-state index in [9.17, 15) is 0 Å². The maximum absolute atomic E-state index is 5.90. The number of nitrogens with one attached hydrogen (secondary N) is 2. The van der Waals surface area contributed by atoms with Gasteiger partial charge in [0.15, 0.2) is 0 Å². The fourth-order valence-corrected chi connectivity index (χ4v) is 2.24. The number of para-hydroxylation sites is 2. The predicted molar refractivity (Wildman–Crippen MR) is 72.7 cm³/mol. The summed E-state index contributed by atoms with van der Waals surface area (Å²) in [7, 11) is 0. The van der Waals surface area contributed by atoms with Crippen molar-refractivity contribution in [2.45, 2.75) is 6.04 Å². The molecule has 0 saturated carbocycles. The standard InChI is InChI=1S/C14H13ClN2/c15-11-7-5-10(6-8-11)14-9-16-12-3-1-2-4-13(12)17-14/h1-8,14,16-17H,9H2/t14-/m1/s1. The van der Waals surface area contributed by atoms with E-state index in [4.69, 9.17) is 11.6 Å². The number of rotatable bonds is 1. The molecule has 2 N–H and O–H groups in total. The number of hydrogen-bond donors (Lipinski definition) is 2. The van der Waals surface area contributed by atoms with Crippen LogP contribution in [-0.4, -0.2) is 6.54 Å². The highest BCUT2D eigenvalue weighted by Gasteiger charge is 2.17. The van der Waals surface area contributed by atoms with E-state index >= 15 is 0 Å². The number of hydrogen-bond acceptors (Lipinski definition) is 2. The average molecular weight is 245 g/mol. The zero-order valence-electron chi connectivity index (χ0n) is 9.28. The molecule has 3 heteroatoms. The molecule has 1 heterocycles. The minimum atomic E-state index is 0.294. The van der Waals surface area contributed by atoms with Crippen molar-refractivity contribution in [1.29, 1.82) is 0 Å². The third kappa shape index (κ3) is 2.08. The Bertz CT molecular complexity index is 522. The lowest BCUT2D eigenvalue weighted by Gasteiger charge is -2.28. The van der Waals surface area contributed by atoms with Crippen molar-refractivity contribution in [1.82, 2.24) is 0 Å². The molecule has 0 unspecified atom stereocenters. The van der Waals surface area contributed by atoms with E-state index in [-0.39, 0.29) is 0 Å². The van der Waals surface area contributed by atoms with E-state index in [0.29, 0.717) is 6.04 Å². The summed E-state index contributed by atoms with van der Waals surface area (Å²) in [5, 5.41) is 7.73. The summed E-state index contributed by atoms with van der Waals surface area (Å²) >= 11 is 5.90. The third-order valence-electron chi connectivity index (χ3n) is 3.03. The highest BCUT2D eigenvalue weighted by molar-refractivity contribution is 6.30. The molecule has 86 valence electrons. The Labute approximate surface area is 106 Å². The molecule has 1 atom stereocenters. The largest absolute Gasteiger partial charge is 0.381 e. The van der Waals surface area contributed by atoms with Crippen LogP contribution in [0.1, 0.15) is 11.6 Å². The molecule has 2 aromatic carbocycles. The molecule has 1 aliphatic heterocycles. The van der Waals surface area contributed by atoms with E-state index in [1.807, 2.05) is 24.3 Å². The quantitative estimate of drug-likeness (QED) is 0.795. The van der Waals surface area contributed by atoms with Crippen LogP contribution in [0.25, 0.3) is 0 Å². The van der Waals surface area contributed by atoms with Crippen LogP contribution in [0.3, 0.4) is 0 Å². The van der Waals surface area contributed by atoms with Gasteiger partial charge in [-0.15, -0.1) is 0 Å². The highest BCUT2D eigenvalue weighted by Crippen LogP contribution is 2.31. The fraction of sp³-hybridized carbons (Fsp3) is 0.143. The minimum absolute atomic E-state index is 0.294. The lowest BCUT2D eigenvalue weighted by atomic mass is 10.0. The predicted octanol–water partition coefficient (Wildman–Crippen LogP) is 3.92. The van der Waals surface area contributed by atoms with Crippen molar-refractivity contribution in [3.63, 3.8) is 0 Å². The van der Waals surface area contributed by atoms with Gasteiger partial charge in [-0.05, 0) is 29.8 Å². The Morgan fingerprint density at radius 2 is 1.65 bits per heavy atom. The number of halogens is 1. The first-order valence-electron chi connectivity index (χ1n) is 5.68. The molecule has 0 radical (unpaired) electrons. The van der Waals surface area contributed by atoms with Crippen LogP contribution in [0.4, 0.5) is 11.4 Å². The summed E-state index contributed by atoms with van der Waals surface area (Å²) in [6.07, 6.45) is 0. The zero-order valence-corrected chi connectivity index (χ0v) is 10.0. The van der Waals surface area contributed by atoms with E-state index in [2.05, 4.69) is 34.9 Å². The van der Waals surface area contributed by atoms with Gasteiger partial charge in [-0.3, -0.25) is 0 Å². The number of anilines is 2. The molecule has 0 aliphatic carbocycles. The van der Waals surface area contributed by atoms with Crippen molar-refractivity contribution in [2.75, 3.05) is 17.2 Å². The van der Waals surface area contributed by atoms with Crippen molar-refractivity contribution in [3.8, 4) is 0 Å². The zero-order chi connectivity index (χ0) is 11.7. The topological polar surface area (TPSA) is 24.1 Å². The molecule has 0 bridgehead atoms. The lowest BCUT2D eigenvalue weighted by Crippen LogP contribution is -2.25. The number of fused-ring (bicyclic) bond motifs is 1. The molecule has 0 fully saturated rings. The van der Waals surface area contributed by atoms with Gasteiger partial charge in [0.25, 0.3) is 0 Å². The second-order valence-corrected chi connectivity index (χ2v) is 4.61. The molecule has 0 saturated heterocycles. The average Bonchev–Trinajstić information content (AvgIpc) is 2.39. The molecule has 2 nitrogen and oxygen atoms in total. The molecule has 0 aromatic heterocycles. The molecule has 1 aliphatic rings. The van der Waals surface area contributed by atoms with Crippen LogP contribution in [-0.2, 0) is 0 Å². The second kappa shape index (κ2) is 4.30. The van der Waals surface area contributed by atoms with Gasteiger partial charge in [-0.25, -0.2) is 0 Å². The fourth-order valence-electron chi connectivity index (χ4n) is 2.11. The Morgan fingerprint density at radius 1 is 0.941 bits per heavy atom. The van der Waals surface area contributed by atoms with Crippen LogP contribution in [0, 0.1) is 0 Å². The monoisotopic (exact) mass is 244 g/mol. The van der Waals surface area contributed by atoms with Gasteiger partial charge in [-0.1, -0.05) is 35.9 Å². The number of benzene rings is 2. The van der Waals surface area contributed by atoms with Crippen molar-refractivity contribution in [3.05, 3.63) is 59.1 Å². The van der Waals surface area contributed by atoms with Crippen LogP contribution >= 0.6 is 11.6 Å². The van der Waals surface area contributed by atoms with Crippen LogP contribution in [0.15, 0.2) is 48.5 Å². The first-order chi connectivity index (χ1) is 8.33. The van der Waals surface area contributed by atoms with Gasteiger partial charge < -0.3 is 10.6 Å². The Morgan fingerprint density at radius 3 is 2.41 bits per heavy atom. The summed E-state index contributed by atoms with van der Waals surface area (Å²) in [6, 6.07) is 16.5. The Kier molecular flexibility index (Phi) is 2.65. The van der Waals surface area contributed by atoms with Gasteiger partial charge >= 0.3 is 0 Å². The Hall–Kier alpha value is -1.67. The van der Waals surface area contributed by atoms with Crippen LogP contribution in [0.5, 0.6) is 0 Å². The molecule has 0 spiro atoms. The van der Waals surface area contributed by atoms with Crippen molar-refractivity contribution in [2.24, 2.45) is 0 Å². The SMILES string of the molecule is Clc1ccc([C@H]2CNc3ccccc3N2)cc1. The van der Waals surface area contributed by atoms with E-state index in [0.717, 1.165) is 22.9 Å². The minimum Gasteiger partial charge on any atom is -0.381 e. The lowest BCUT2D eigenvalue weighted by molar-refractivity contribution is 0.804. The first-order valence-corrected chi connectivity index (χ1v) is 6.05. The maximum Gasteiger partial charge on any atom is 0.0687 e. The summed E-state index contributed by atoms with van der Waals surface area (Å²) < 4.78 is 0. The summed E-state index contributed by atoms with van der Waals surface area (Å²) in [4.78, 5) is 0. The normalized spacial score (nSPS) is 17.8. The smallest absolute Gasteiger partial charge is 0.0687 e. The molecule has 2 aromatic rings. The molecular formula is C14H13ClN2. The summed E-state index contributed by atoms with van der Waals surface area (Å²) in [5.74, 6) is 0. The highest BCUT2D eigenvalue weighted by atomic mass is 35.5.